The molecular weight excluding hydrogens is 234 g/mol. The van der Waals surface area contributed by atoms with Gasteiger partial charge in [0.05, 0.1) is 16.9 Å². The highest BCUT2D eigenvalue weighted by Gasteiger charge is 2.00. The summed E-state index contributed by atoms with van der Waals surface area (Å²) in [5.74, 6) is 0.761. The second-order valence-electron chi connectivity index (χ2n) is 3.67. The van der Waals surface area contributed by atoms with Crippen molar-refractivity contribution in [2.75, 3.05) is 6.54 Å². The molecule has 0 unspecified atom stereocenters. The van der Waals surface area contributed by atoms with Crippen LogP contribution in [0, 0.1) is 6.92 Å². The van der Waals surface area contributed by atoms with Gasteiger partial charge in [0.2, 0.25) is 0 Å². The Kier molecular flexibility index (Phi) is 4.06. The zero-order valence-corrected chi connectivity index (χ0v) is 10.5. The first-order valence-electron chi connectivity index (χ1n) is 5.47. The Labute approximate surface area is 104 Å². The third-order valence-corrected chi connectivity index (χ3v) is 3.07. The van der Waals surface area contributed by atoms with Gasteiger partial charge in [-0.3, -0.25) is 4.98 Å². The lowest BCUT2D eigenvalue weighted by atomic mass is 10.3. The van der Waals surface area contributed by atoms with E-state index in [9.17, 15) is 0 Å². The molecule has 2 heterocycles. The van der Waals surface area contributed by atoms with Gasteiger partial charge in [-0.25, -0.2) is 4.98 Å². The number of nitrogens with zero attached hydrogens (tertiary/aromatic N) is 2. The maximum absolute atomic E-state index is 5.59. The number of aryl methyl sites for hydroxylation is 1. The second-order valence-corrected chi connectivity index (χ2v) is 4.73. The average Bonchev–Trinajstić information content (AvgIpc) is 2.75. The van der Waals surface area contributed by atoms with E-state index < -0.39 is 0 Å². The number of hydrogen-bond donors (Lipinski definition) is 1. The largest absolute Gasteiger partial charge is 0.486 e. The summed E-state index contributed by atoms with van der Waals surface area (Å²) in [6, 6.07) is 3.85. The minimum Gasteiger partial charge on any atom is -0.486 e. The van der Waals surface area contributed by atoms with Crippen molar-refractivity contribution in [3.05, 3.63) is 40.1 Å². The number of hydrogen-bond acceptors (Lipinski definition) is 5. The van der Waals surface area contributed by atoms with Crippen LogP contribution in [0.15, 0.2) is 23.7 Å². The fourth-order valence-electron chi connectivity index (χ4n) is 1.42. The van der Waals surface area contributed by atoms with Crippen LogP contribution < -0.4 is 10.5 Å². The zero-order valence-electron chi connectivity index (χ0n) is 9.72. The van der Waals surface area contributed by atoms with Gasteiger partial charge in [0.1, 0.15) is 12.4 Å². The van der Waals surface area contributed by atoms with E-state index in [2.05, 4.69) is 9.97 Å². The van der Waals surface area contributed by atoms with Crippen LogP contribution in [0.5, 0.6) is 5.75 Å². The van der Waals surface area contributed by atoms with Crippen LogP contribution >= 0.6 is 11.3 Å². The van der Waals surface area contributed by atoms with Crippen LogP contribution in [-0.2, 0) is 13.0 Å². The summed E-state index contributed by atoms with van der Waals surface area (Å²) < 4.78 is 5.59. The molecule has 4 nitrogen and oxygen atoms in total. The summed E-state index contributed by atoms with van der Waals surface area (Å²) in [6.45, 7) is 3.09. The molecule has 0 aliphatic heterocycles. The van der Waals surface area contributed by atoms with Crippen molar-refractivity contribution in [3.63, 3.8) is 0 Å². The molecule has 0 aliphatic rings. The molecule has 0 fully saturated rings. The summed E-state index contributed by atoms with van der Waals surface area (Å²) in [5.41, 5.74) is 7.40. The van der Waals surface area contributed by atoms with Gasteiger partial charge in [0.15, 0.2) is 0 Å². The smallest absolute Gasteiger partial charge is 0.138 e. The van der Waals surface area contributed by atoms with Crippen molar-refractivity contribution in [3.8, 4) is 5.75 Å². The molecule has 0 amide bonds. The van der Waals surface area contributed by atoms with E-state index in [-0.39, 0.29) is 0 Å². The highest BCUT2D eigenvalue weighted by atomic mass is 32.1. The minimum absolute atomic E-state index is 0.488. The van der Waals surface area contributed by atoms with Crippen LogP contribution in [0.4, 0.5) is 0 Å². The first-order chi connectivity index (χ1) is 8.28. The van der Waals surface area contributed by atoms with E-state index in [1.807, 2.05) is 24.4 Å². The van der Waals surface area contributed by atoms with E-state index >= 15 is 0 Å². The summed E-state index contributed by atoms with van der Waals surface area (Å²) in [4.78, 5) is 8.59. The Bertz CT molecular complexity index is 467. The number of nitrogens with two attached hydrogens (primary N) is 1. The number of aromatic nitrogens is 2. The van der Waals surface area contributed by atoms with E-state index in [0.717, 1.165) is 28.6 Å². The monoisotopic (exact) mass is 249 g/mol. The molecule has 17 heavy (non-hydrogen) atoms. The predicted molar refractivity (Wildman–Crippen MR) is 68.2 cm³/mol. The molecule has 0 spiro atoms. The summed E-state index contributed by atoms with van der Waals surface area (Å²) >= 11 is 1.63. The Hall–Kier alpha value is -1.46. The van der Waals surface area contributed by atoms with Crippen LogP contribution in [-0.4, -0.2) is 16.5 Å². The van der Waals surface area contributed by atoms with Crippen molar-refractivity contribution in [1.82, 2.24) is 9.97 Å². The number of thiazole rings is 1. The lowest BCUT2D eigenvalue weighted by Gasteiger charge is -2.04. The Morgan fingerprint density at radius 3 is 2.82 bits per heavy atom. The average molecular weight is 249 g/mol. The molecule has 0 saturated carbocycles. The minimum atomic E-state index is 0.488. The molecule has 0 aliphatic carbocycles. The van der Waals surface area contributed by atoms with Crippen molar-refractivity contribution in [2.45, 2.75) is 20.0 Å². The first kappa shape index (κ1) is 12.0. The quantitative estimate of drug-likeness (QED) is 0.879. The van der Waals surface area contributed by atoms with Gasteiger partial charge in [0.25, 0.3) is 0 Å². The zero-order chi connectivity index (χ0) is 12.1. The molecule has 2 aromatic rings. The van der Waals surface area contributed by atoms with E-state index in [1.165, 1.54) is 0 Å². The summed E-state index contributed by atoms with van der Waals surface area (Å²) in [7, 11) is 0. The second kappa shape index (κ2) is 5.75. The SMILES string of the molecule is Cc1nc(COc2ccc(CCN)nc2)cs1. The lowest BCUT2D eigenvalue weighted by molar-refractivity contribution is 0.300. The number of rotatable bonds is 5. The van der Waals surface area contributed by atoms with Gasteiger partial charge in [-0.05, 0) is 25.6 Å². The van der Waals surface area contributed by atoms with Gasteiger partial charge < -0.3 is 10.5 Å². The van der Waals surface area contributed by atoms with Crippen molar-refractivity contribution in [1.29, 1.82) is 0 Å². The maximum Gasteiger partial charge on any atom is 0.138 e. The van der Waals surface area contributed by atoms with E-state index in [4.69, 9.17) is 10.5 Å². The molecular formula is C12H15N3OS. The summed E-state index contributed by atoms with van der Waals surface area (Å²) in [6.07, 6.45) is 2.52. The number of pyridine rings is 1. The molecule has 0 aromatic carbocycles. The van der Waals surface area contributed by atoms with Crippen molar-refractivity contribution < 1.29 is 4.74 Å². The third kappa shape index (κ3) is 3.51. The molecule has 0 bridgehead atoms. The molecule has 0 atom stereocenters. The van der Waals surface area contributed by atoms with E-state index in [0.29, 0.717) is 13.2 Å². The number of ether oxygens (including phenoxy) is 1. The maximum atomic E-state index is 5.59. The molecule has 0 saturated heterocycles. The van der Waals surface area contributed by atoms with Crippen LogP contribution in [0.1, 0.15) is 16.4 Å². The molecule has 5 heteroatoms. The first-order valence-corrected chi connectivity index (χ1v) is 6.34. The van der Waals surface area contributed by atoms with Crippen LogP contribution in [0.2, 0.25) is 0 Å². The van der Waals surface area contributed by atoms with Gasteiger partial charge >= 0.3 is 0 Å². The highest BCUT2D eigenvalue weighted by Crippen LogP contribution is 2.13. The molecule has 90 valence electrons. The lowest BCUT2D eigenvalue weighted by Crippen LogP contribution is -2.04. The molecule has 2 aromatic heterocycles. The Morgan fingerprint density at radius 1 is 1.35 bits per heavy atom. The standard InChI is InChI=1S/C12H15N3OS/c1-9-15-11(8-17-9)7-16-12-3-2-10(4-5-13)14-6-12/h2-3,6,8H,4-5,7,13H2,1H3. The van der Waals surface area contributed by atoms with Crippen LogP contribution in [0.25, 0.3) is 0 Å². The molecule has 2 N–H and O–H groups in total. The fraction of sp³-hybridized carbons (Fsp3) is 0.333. The highest BCUT2D eigenvalue weighted by molar-refractivity contribution is 7.09. The van der Waals surface area contributed by atoms with Gasteiger partial charge in [-0.2, -0.15) is 0 Å². The Balaban J connectivity index is 1.90. The third-order valence-electron chi connectivity index (χ3n) is 2.25. The van der Waals surface area contributed by atoms with E-state index in [1.54, 1.807) is 17.5 Å². The molecule has 2 rings (SSSR count). The van der Waals surface area contributed by atoms with Gasteiger partial charge in [-0.15, -0.1) is 11.3 Å². The predicted octanol–water partition coefficient (Wildman–Crippen LogP) is 1.93. The van der Waals surface area contributed by atoms with Crippen molar-refractivity contribution in [2.24, 2.45) is 5.73 Å². The van der Waals surface area contributed by atoms with Crippen LogP contribution in [0.3, 0.4) is 0 Å². The van der Waals surface area contributed by atoms with Crippen molar-refractivity contribution >= 4 is 11.3 Å². The van der Waals surface area contributed by atoms with Gasteiger partial charge in [0, 0.05) is 17.5 Å². The molecule has 0 radical (unpaired) electrons. The van der Waals surface area contributed by atoms with Gasteiger partial charge in [-0.1, -0.05) is 0 Å². The topological polar surface area (TPSA) is 61.0 Å². The summed E-state index contributed by atoms with van der Waals surface area (Å²) in [5, 5.41) is 3.06. The Morgan fingerprint density at radius 2 is 2.24 bits per heavy atom. The fourth-order valence-corrected chi connectivity index (χ4v) is 2.02. The normalized spacial score (nSPS) is 10.5.